The number of piperazine rings is 1. The van der Waals surface area contributed by atoms with Crippen molar-refractivity contribution in [2.24, 2.45) is 0 Å². The summed E-state index contributed by atoms with van der Waals surface area (Å²) < 4.78 is 0. The molecule has 0 radical (unpaired) electrons. The maximum Gasteiger partial charge on any atom is 0.133 e. The van der Waals surface area contributed by atoms with Crippen LogP contribution in [-0.2, 0) is 0 Å². The maximum absolute atomic E-state index is 4.65. The Morgan fingerprint density at radius 3 is 2.83 bits per heavy atom. The highest BCUT2D eigenvalue weighted by molar-refractivity contribution is 5.49. The highest BCUT2D eigenvalue weighted by atomic mass is 15.2. The molecule has 0 saturated carbocycles. The van der Waals surface area contributed by atoms with Gasteiger partial charge in [-0.2, -0.15) is 0 Å². The first-order chi connectivity index (χ1) is 8.86. The first-order valence-electron chi connectivity index (χ1n) is 6.97. The van der Waals surface area contributed by atoms with Crippen molar-refractivity contribution in [2.45, 2.75) is 18.9 Å². The smallest absolute Gasteiger partial charge is 0.133 e. The molecule has 2 saturated heterocycles. The van der Waals surface area contributed by atoms with Gasteiger partial charge in [0.05, 0.1) is 0 Å². The van der Waals surface area contributed by atoms with Crippen LogP contribution in [0.5, 0.6) is 0 Å². The van der Waals surface area contributed by atoms with E-state index in [2.05, 4.69) is 39.3 Å². The SMILES string of the molecule is CN1CCCC1c1cccnc1N1CCNCC1. The van der Waals surface area contributed by atoms with Crippen molar-refractivity contribution in [1.82, 2.24) is 15.2 Å². The number of nitrogens with one attached hydrogen (secondary N) is 1. The predicted molar refractivity (Wildman–Crippen MR) is 73.9 cm³/mol. The lowest BCUT2D eigenvalue weighted by Crippen LogP contribution is -2.44. The maximum atomic E-state index is 4.65. The molecule has 1 aromatic heterocycles. The van der Waals surface area contributed by atoms with Gasteiger partial charge in [-0.25, -0.2) is 4.98 Å². The third kappa shape index (κ3) is 2.22. The second kappa shape index (κ2) is 5.24. The van der Waals surface area contributed by atoms with Crippen LogP contribution in [0, 0.1) is 0 Å². The van der Waals surface area contributed by atoms with E-state index in [-0.39, 0.29) is 0 Å². The molecular weight excluding hydrogens is 224 g/mol. The van der Waals surface area contributed by atoms with Crippen molar-refractivity contribution < 1.29 is 0 Å². The molecule has 0 amide bonds. The van der Waals surface area contributed by atoms with Crippen LogP contribution in [0.3, 0.4) is 0 Å². The monoisotopic (exact) mass is 246 g/mol. The second-order valence-corrected chi connectivity index (χ2v) is 5.29. The van der Waals surface area contributed by atoms with Crippen molar-refractivity contribution >= 4 is 5.82 Å². The predicted octanol–water partition coefficient (Wildman–Crippen LogP) is 1.26. The third-order valence-corrected chi connectivity index (χ3v) is 4.11. The molecule has 18 heavy (non-hydrogen) atoms. The van der Waals surface area contributed by atoms with Gasteiger partial charge in [0.25, 0.3) is 0 Å². The van der Waals surface area contributed by atoms with E-state index in [1.165, 1.54) is 30.8 Å². The summed E-state index contributed by atoms with van der Waals surface area (Å²) in [7, 11) is 2.23. The van der Waals surface area contributed by atoms with E-state index in [1.54, 1.807) is 0 Å². The summed E-state index contributed by atoms with van der Waals surface area (Å²) in [5, 5.41) is 3.40. The van der Waals surface area contributed by atoms with E-state index in [9.17, 15) is 0 Å². The van der Waals surface area contributed by atoms with Crippen molar-refractivity contribution in [2.75, 3.05) is 44.7 Å². The number of aromatic nitrogens is 1. The fourth-order valence-corrected chi connectivity index (χ4v) is 3.11. The minimum atomic E-state index is 0.559. The molecule has 0 aliphatic carbocycles. The standard InChI is InChI=1S/C14H22N4/c1-17-9-3-5-13(17)12-4-2-6-16-14(12)18-10-7-15-8-11-18/h2,4,6,13,15H,3,5,7-11H2,1H3. The van der Waals surface area contributed by atoms with Gasteiger partial charge in [0.2, 0.25) is 0 Å². The molecule has 98 valence electrons. The fraction of sp³-hybridized carbons (Fsp3) is 0.643. The molecule has 1 aromatic rings. The Hall–Kier alpha value is -1.13. The molecular formula is C14H22N4. The van der Waals surface area contributed by atoms with Crippen LogP contribution in [0.15, 0.2) is 18.3 Å². The molecule has 0 bridgehead atoms. The highest BCUT2D eigenvalue weighted by Crippen LogP contribution is 2.35. The summed E-state index contributed by atoms with van der Waals surface area (Å²) in [6, 6.07) is 4.90. The van der Waals surface area contributed by atoms with E-state index >= 15 is 0 Å². The lowest BCUT2D eigenvalue weighted by Gasteiger charge is -2.32. The Balaban J connectivity index is 1.89. The van der Waals surface area contributed by atoms with Crippen LogP contribution in [-0.4, -0.2) is 49.7 Å². The van der Waals surface area contributed by atoms with E-state index in [0.29, 0.717) is 6.04 Å². The number of likely N-dealkylation sites (tertiary alicyclic amines) is 1. The number of hydrogen-bond donors (Lipinski definition) is 1. The third-order valence-electron chi connectivity index (χ3n) is 4.11. The first-order valence-corrected chi connectivity index (χ1v) is 6.97. The molecule has 1 N–H and O–H groups in total. The van der Waals surface area contributed by atoms with Crippen LogP contribution < -0.4 is 10.2 Å². The van der Waals surface area contributed by atoms with Gasteiger partial charge < -0.3 is 10.2 Å². The second-order valence-electron chi connectivity index (χ2n) is 5.29. The Bertz CT molecular complexity index is 401. The molecule has 3 heterocycles. The molecule has 1 atom stereocenters. The molecule has 2 fully saturated rings. The van der Waals surface area contributed by atoms with Gasteiger partial charge in [0, 0.05) is 44.0 Å². The Kier molecular flexibility index (Phi) is 3.48. The molecule has 0 aromatic carbocycles. The summed E-state index contributed by atoms with van der Waals surface area (Å²) in [5.74, 6) is 1.21. The van der Waals surface area contributed by atoms with E-state index in [1.807, 2.05) is 6.20 Å². The van der Waals surface area contributed by atoms with Crippen LogP contribution in [0.1, 0.15) is 24.4 Å². The number of nitrogens with zero attached hydrogens (tertiary/aromatic N) is 3. The average Bonchev–Trinajstić information content (AvgIpc) is 2.86. The van der Waals surface area contributed by atoms with E-state index < -0.39 is 0 Å². The highest BCUT2D eigenvalue weighted by Gasteiger charge is 2.27. The van der Waals surface area contributed by atoms with Crippen molar-refractivity contribution in [3.8, 4) is 0 Å². The average molecular weight is 246 g/mol. The number of rotatable bonds is 2. The van der Waals surface area contributed by atoms with E-state index in [0.717, 1.165) is 26.2 Å². The largest absolute Gasteiger partial charge is 0.354 e. The molecule has 2 aliphatic rings. The molecule has 0 spiro atoms. The first kappa shape index (κ1) is 11.9. The lowest BCUT2D eigenvalue weighted by molar-refractivity contribution is 0.317. The topological polar surface area (TPSA) is 31.4 Å². The molecule has 1 unspecified atom stereocenters. The van der Waals surface area contributed by atoms with Crippen LogP contribution >= 0.6 is 0 Å². The quantitative estimate of drug-likeness (QED) is 0.851. The van der Waals surface area contributed by atoms with Gasteiger partial charge in [-0.1, -0.05) is 6.07 Å². The minimum absolute atomic E-state index is 0.559. The van der Waals surface area contributed by atoms with Crippen LogP contribution in [0.25, 0.3) is 0 Å². The number of hydrogen-bond acceptors (Lipinski definition) is 4. The summed E-state index contributed by atoms with van der Waals surface area (Å²) in [5.41, 5.74) is 1.42. The lowest BCUT2D eigenvalue weighted by atomic mass is 10.0. The zero-order chi connectivity index (χ0) is 12.4. The molecule has 4 heteroatoms. The summed E-state index contributed by atoms with van der Waals surface area (Å²) in [6.45, 7) is 5.48. The van der Waals surface area contributed by atoms with Crippen molar-refractivity contribution in [3.63, 3.8) is 0 Å². The zero-order valence-electron chi connectivity index (χ0n) is 11.1. The Labute approximate surface area is 109 Å². The number of pyridine rings is 1. The van der Waals surface area contributed by atoms with Gasteiger partial charge in [-0.15, -0.1) is 0 Å². The van der Waals surface area contributed by atoms with Gasteiger partial charge in [0.15, 0.2) is 0 Å². The molecule has 4 nitrogen and oxygen atoms in total. The van der Waals surface area contributed by atoms with Crippen LogP contribution in [0.4, 0.5) is 5.82 Å². The Morgan fingerprint density at radius 2 is 2.11 bits per heavy atom. The normalized spacial score (nSPS) is 25.6. The molecule has 3 rings (SSSR count). The zero-order valence-corrected chi connectivity index (χ0v) is 11.1. The van der Waals surface area contributed by atoms with Crippen LogP contribution in [0.2, 0.25) is 0 Å². The van der Waals surface area contributed by atoms with E-state index in [4.69, 9.17) is 0 Å². The fourth-order valence-electron chi connectivity index (χ4n) is 3.11. The van der Waals surface area contributed by atoms with Gasteiger partial charge in [0.1, 0.15) is 5.82 Å². The van der Waals surface area contributed by atoms with Gasteiger partial charge >= 0.3 is 0 Å². The van der Waals surface area contributed by atoms with Gasteiger partial charge in [-0.05, 0) is 32.5 Å². The molecule has 2 aliphatic heterocycles. The summed E-state index contributed by atoms with van der Waals surface area (Å²) in [4.78, 5) is 9.54. The summed E-state index contributed by atoms with van der Waals surface area (Å²) in [6.07, 6.45) is 4.49. The summed E-state index contributed by atoms with van der Waals surface area (Å²) >= 11 is 0. The van der Waals surface area contributed by atoms with Crippen molar-refractivity contribution in [1.29, 1.82) is 0 Å². The van der Waals surface area contributed by atoms with Gasteiger partial charge in [-0.3, -0.25) is 4.90 Å². The minimum Gasteiger partial charge on any atom is -0.354 e. The van der Waals surface area contributed by atoms with Crippen molar-refractivity contribution in [3.05, 3.63) is 23.9 Å². The number of anilines is 1. The Morgan fingerprint density at radius 1 is 1.28 bits per heavy atom.